The van der Waals surface area contributed by atoms with E-state index in [2.05, 4.69) is 11.2 Å². The van der Waals surface area contributed by atoms with E-state index < -0.39 is 0 Å². The highest BCUT2D eigenvalue weighted by molar-refractivity contribution is 8.00. The third kappa shape index (κ3) is 4.00. The highest BCUT2D eigenvalue weighted by atomic mass is 32.2. The average Bonchev–Trinajstić information content (AvgIpc) is 2.30. The molecular weight excluding hydrogens is 239 g/mol. The van der Waals surface area contributed by atoms with E-state index in [9.17, 15) is 9.18 Å². The number of terminal acetylenes is 1. The number of thioether (sulfide) groups is 1. The van der Waals surface area contributed by atoms with Crippen molar-refractivity contribution in [1.82, 2.24) is 5.32 Å². The molecule has 0 saturated carbocycles. The van der Waals surface area contributed by atoms with Gasteiger partial charge in [0, 0.05) is 10.6 Å². The van der Waals surface area contributed by atoms with Crippen LogP contribution in [0.5, 0.6) is 0 Å². The van der Waals surface area contributed by atoms with Gasteiger partial charge in [0.2, 0.25) is 5.91 Å². The Kier molecular flexibility index (Phi) is 4.85. The molecule has 17 heavy (non-hydrogen) atoms. The number of amides is 1. The standard InChI is InChI=1S/C12H13FN2OS/c1-3-6-15-12(16)8(2)17-11-7-9(13)4-5-10(11)14/h1,4-5,7-8H,6,14H2,2H3,(H,15,16). The van der Waals surface area contributed by atoms with E-state index >= 15 is 0 Å². The van der Waals surface area contributed by atoms with Crippen molar-refractivity contribution in [1.29, 1.82) is 0 Å². The van der Waals surface area contributed by atoms with Crippen molar-refractivity contribution in [2.24, 2.45) is 0 Å². The molecule has 0 heterocycles. The average molecular weight is 252 g/mol. The molecule has 0 aromatic heterocycles. The molecule has 3 N–H and O–H groups in total. The largest absolute Gasteiger partial charge is 0.398 e. The van der Waals surface area contributed by atoms with Gasteiger partial charge in [0.05, 0.1) is 11.8 Å². The number of rotatable bonds is 4. The van der Waals surface area contributed by atoms with Gasteiger partial charge in [0.25, 0.3) is 0 Å². The number of benzene rings is 1. The molecule has 1 atom stereocenters. The van der Waals surface area contributed by atoms with Crippen molar-refractivity contribution in [2.75, 3.05) is 12.3 Å². The van der Waals surface area contributed by atoms with Gasteiger partial charge in [0.15, 0.2) is 0 Å². The number of nitrogen functional groups attached to an aromatic ring is 1. The maximum absolute atomic E-state index is 13.0. The fourth-order valence-corrected chi connectivity index (χ4v) is 2.09. The van der Waals surface area contributed by atoms with Crippen molar-refractivity contribution >= 4 is 23.4 Å². The molecule has 0 saturated heterocycles. The maximum atomic E-state index is 13.0. The first-order valence-electron chi connectivity index (χ1n) is 4.97. The molecule has 1 aromatic carbocycles. The van der Waals surface area contributed by atoms with Gasteiger partial charge >= 0.3 is 0 Å². The Hall–Kier alpha value is -1.67. The summed E-state index contributed by atoms with van der Waals surface area (Å²) < 4.78 is 13.0. The summed E-state index contributed by atoms with van der Waals surface area (Å²) >= 11 is 1.20. The normalized spacial score (nSPS) is 11.6. The van der Waals surface area contributed by atoms with Gasteiger partial charge in [-0.15, -0.1) is 18.2 Å². The third-order valence-corrected chi connectivity index (χ3v) is 3.19. The van der Waals surface area contributed by atoms with Crippen molar-refractivity contribution in [3.63, 3.8) is 0 Å². The predicted molar refractivity (Wildman–Crippen MR) is 68.0 cm³/mol. The number of hydrogen-bond donors (Lipinski definition) is 2. The first-order valence-corrected chi connectivity index (χ1v) is 5.85. The molecular formula is C12H13FN2OS. The molecule has 5 heteroatoms. The van der Waals surface area contributed by atoms with E-state index in [4.69, 9.17) is 12.2 Å². The smallest absolute Gasteiger partial charge is 0.233 e. The molecule has 0 aliphatic rings. The number of anilines is 1. The Morgan fingerprint density at radius 1 is 1.71 bits per heavy atom. The van der Waals surface area contributed by atoms with Gasteiger partial charge < -0.3 is 11.1 Å². The van der Waals surface area contributed by atoms with Gasteiger partial charge in [-0.1, -0.05) is 5.92 Å². The molecule has 1 amide bonds. The third-order valence-electron chi connectivity index (χ3n) is 2.01. The van der Waals surface area contributed by atoms with Gasteiger partial charge in [0.1, 0.15) is 5.82 Å². The second-order valence-corrected chi connectivity index (χ2v) is 4.75. The van der Waals surface area contributed by atoms with Crippen LogP contribution in [-0.4, -0.2) is 17.7 Å². The molecule has 0 spiro atoms. The van der Waals surface area contributed by atoms with E-state index in [1.807, 2.05) is 0 Å². The summed E-state index contributed by atoms with van der Waals surface area (Å²) in [6.45, 7) is 1.89. The Labute approximate surface area is 104 Å². The molecule has 3 nitrogen and oxygen atoms in total. The lowest BCUT2D eigenvalue weighted by atomic mass is 10.3. The zero-order valence-electron chi connectivity index (χ0n) is 9.37. The minimum absolute atomic E-state index is 0.183. The van der Waals surface area contributed by atoms with Crippen LogP contribution in [-0.2, 0) is 4.79 Å². The second-order valence-electron chi connectivity index (χ2n) is 3.36. The summed E-state index contributed by atoms with van der Waals surface area (Å²) in [4.78, 5) is 12.1. The minimum Gasteiger partial charge on any atom is -0.398 e. The maximum Gasteiger partial charge on any atom is 0.233 e. The lowest BCUT2D eigenvalue weighted by Gasteiger charge is -2.12. The highest BCUT2D eigenvalue weighted by Gasteiger charge is 2.15. The zero-order valence-corrected chi connectivity index (χ0v) is 10.2. The van der Waals surface area contributed by atoms with Crippen molar-refractivity contribution in [3.05, 3.63) is 24.0 Å². The number of carbonyl (C=O) groups excluding carboxylic acids is 1. The van der Waals surface area contributed by atoms with Crippen molar-refractivity contribution in [2.45, 2.75) is 17.1 Å². The number of halogens is 1. The van der Waals surface area contributed by atoms with Gasteiger partial charge in [-0.05, 0) is 25.1 Å². The number of nitrogens with one attached hydrogen (secondary N) is 1. The second kappa shape index (κ2) is 6.16. The lowest BCUT2D eigenvalue weighted by Crippen LogP contribution is -2.31. The fourth-order valence-electron chi connectivity index (χ4n) is 1.14. The van der Waals surface area contributed by atoms with Gasteiger partial charge in [-0.2, -0.15) is 0 Å². The number of nitrogens with two attached hydrogens (primary N) is 1. The summed E-state index contributed by atoms with van der Waals surface area (Å²) in [7, 11) is 0. The molecule has 0 aliphatic carbocycles. The number of carbonyl (C=O) groups is 1. The van der Waals surface area contributed by atoms with E-state index in [0.717, 1.165) is 0 Å². The molecule has 0 radical (unpaired) electrons. The first-order chi connectivity index (χ1) is 8.04. The van der Waals surface area contributed by atoms with Crippen LogP contribution in [0.2, 0.25) is 0 Å². The molecule has 0 aliphatic heterocycles. The van der Waals surface area contributed by atoms with Crippen LogP contribution >= 0.6 is 11.8 Å². The monoisotopic (exact) mass is 252 g/mol. The molecule has 1 rings (SSSR count). The van der Waals surface area contributed by atoms with Gasteiger partial charge in [-0.25, -0.2) is 4.39 Å². The van der Waals surface area contributed by atoms with Crippen LogP contribution in [0.1, 0.15) is 6.92 Å². The first kappa shape index (κ1) is 13.4. The van der Waals surface area contributed by atoms with Crippen LogP contribution in [0, 0.1) is 18.2 Å². The Balaban J connectivity index is 2.67. The summed E-state index contributed by atoms with van der Waals surface area (Å²) in [6, 6.07) is 4.07. The van der Waals surface area contributed by atoms with Crippen molar-refractivity contribution in [3.8, 4) is 12.3 Å². The van der Waals surface area contributed by atoms with E-state index in [1.54, 1.807) is 6.92 Å². The van der Waals surface area contributed by atoms with Crippen LogP contribution in [0.15, 0.2) is 23.1 Å². The molecule has 90 valence electrons. The molecule has 0 bridgehead atoms. The van der Waals surface area contributed by atoms with E-state index in [-0.39, 0.29) is 23.5 Å². The lowest BCUT2D eigenvalue weighted by molar-refractivity contribution is -0.120. The quantitative estimate of drug-likeness (QED) is 0.486. The molecule has 1 aromatic rings. The summed E-state index contributed by atoms with van der Waals surface area (Å²) in [5.41, 5.74) is 6.14. The van der Waals surface area contributed by atoms with Crippen molar-refractivity contribution < 1.29 is 9.18 Å². The Morgan fingerprint density at radius 2 is 2.41 bits per heavy atom. The number of hydrogen-bond acceptors (Lipinski definition) is 3. The zero-order chi connectivity index (χ0) is 12.8. The highest BCUT2D eigenvalue weighted by Crippen LogP contribution is 2.29. The van der Waals surface area contributed by atoms with E-state index in [0.29, 0.717) is 10.6 Å². The van der Waals surface area contributed by atoms with Crippen LogP contribution in [0.4, 0.5) is 10.1 Å². The molecule has 1 unspecified atom stereocenters. The van der Waals surface area contributed by atoms with Gasteiger partial charge in [-0.3, -0.25) is 4.79 Å². The summed E-state index contributed by atoms with van der Waals surface area (Å²) in [5.74, 6) is 1.74. The summed E-state index contributed by atoms with van der Waals surface area (Å²) in [5, 5.41) is 2.17. The molecule has 0 fully saturated rings. The Morgan fingerprint density at radius 3 is 3.06 bits per heavy atom. The predicted octanol–water partition coefficient (Wildman–Crippen LogP) is 1.64. The topological polar surface area (TPSA) is 55.1 Å². The van der Waals surface area contributed by atoms with Crippen LogP contribution < -0.4 is 11.1 Å². The van der Waals surface area contributed by atoms with Crippen LogP contribution in [0.25, 0.3) is 0 Å². The minimum atomic E-state index is -0.382. The Bertz CT molecular complexity index is 456. The SMILES string of the molecule is C#CCNC(=O)C(C)Sc1cc(F)ccc1N. The fraction of sp³-hybridized carbons (Fsp3) is 0.250. The van der Waals surface area contributed by atoms with Crippen LogP contribution in [0.3, 0.4) is 0 Å². The summed E-state index contributed by atoms with van der Waals surface area (Å²) in [6.07, 6.45) is 5.03. The van der Waals surface area contributed by atoms with E-state index in [1.165, 1.54) is 30.0 Å².